The highest BCUT2D eigenvalue weighted by Gasteiger charge is 2.16. The van der Waals surface area contributed by atoms with Gasteiger partial charge in [-0.2, -0.15) is 0 Å². The molecule has 0 aromatic heterocycles. The van der Waals surface area contributed by atoms with Gasteiger partial charge in [-0.05, 0) is 34.8 Å². The molecule has 2 nitrogen and oxygen atoms in total. The molecule has 14 heavy (non-hydrogen) atoms. The quantitative estimate of drug-likeness (QED) is 0.825. The number of phenolic OH excluding ortho intramolecular Hbond substituents is 1. The number of phenols is 1. The van der Waals surface area contributed by atoms with Gasteiger partial charge in [0.15, 0.2) is 11.6 Å². The summed E-state index contributed by atoms with van der Waals surface area (Å²) in [6.45, 7) is -0.132. The van der Waals surface area contributed by atoms with Crippen molar-refractivity contribution in [1.29, 1.82) is 0 Å². The first kappa shape index (κ1) is 11.4. The van der Waals surface area contributed by atoms with Crippen molar-refractivity contribution >= 4 is 15.9 Å². The summed E-state index contributed by atoms with van der Waals surface area (Å²) >= 11 is 2.90. The first-order valence-corrected chi connectivity index (χ1v) is 4.83. The van der Waals surface area contributed by atoms with Gasteiger partial charge in [0.2, 0.25) is 0 Å². The summed E-state index contributed by atoms with van der Waals surface area (Å²) in [6, 6.07) is 0.868. The molecule has 0 atom stereocenters. The van der Waals surface area contributed by atoms with E-state index >= 15 is 0 Å². The Kier molecular flexibility index (Phi) is 3.83. The molecule has 0 heterocycles. The molecule has 0 radical (unpaired) electrons. The second-order valence-electron chi connectivity index (χ2n) is 2.81. The maximum Gasteiger partial charge on any atom is 0.165 e. The molecular formula is C9H9BrF2O2. The first-order chi connectivity index (χ1) is 6.57. The Morgan fingerprint density at radius 3 is 2.57 bits per heavy atom. The van der Waals surface area contributed by atoms with Crippen LogP contribution in [-0.2, 0) is 6.42 Å². The Labute approximate surface area is 88.3 Å². The first-order valence-electron chi connectivity index (χ1n) is 4.04. The molecule has 0 saturated carbocycles. The third-order valence-electron chi connectivity index (χ3n) is 1.83. The van der Waals surface area contributed by atoms with Gasteiger partial charge < -0.3 is 10.2 Å². The lowest BCUT2D eigenvalue weighted by Gasteiger charge is -2.07. The lowest BCUT2D eigenvalue weighted by molar-refractivity contribution is 0.287. The van der Waals surface area contributed by atoms with Crippen molar-refractivity contribution in [1.82, 2.24) is 0 Å². The van der Waals surface area contributed by atoms with Crippen LogP contribution >= 0.6 is 15.9 Å². The van der Waals surface area contributed by atoms with Gasteiger partial charge in [-0.3, -0.25) is 0 Å². The minimum atomic E-state index is -1.06. The van der Waals surface area contributed by atoms with E-state index in [9.17, 15) is 13.9 Å². The summed E-state index contributed by atoms with van der Waals surface area (Å²) in [5.41, 5.74) is -0.106. The fourth-order valence-electron chi connectivity index (χ4n) is 1.12. The molecule has 0 aliphatic rings. The molecule has 0 spiro atoms. The van der Waals surface area contributed by atoms with Gasteiger partial charge in [0.05, 0.1) is 4.47 Å². The number of halogens is 3. The van der Waals surface area contributed by atoms with Crippen LogP contribution in [0.3, 0.4) is 0 Å². The molecule has 0 bridgehead atoms. The van der Waals surface area contributed by atoms with Crippen LogP contribution in [0.15, 0.2) is 10.5 Å². The van der Waals surface area contributed by atoms with E-state index in [-0.39, 0.29) is 35.2 Å². The Morgan fingerprint density at radius 1 is 1.36 bits per heavy atom. The second-order valence-corrected chi connectivity index (χ2v) is 3.66. The Morgan fingerprint density at radius 2 is 2.00 bits per heavy atom. The zero-order valence-electron chi connectivity index (χ0n) is 7.23. The van der Waals surface area contributed by atoms with Crippen molar-refractivity contribution in [3.63, 3.8) is 0 Å². The van der Waals surface area contributed by atoms with Gasteiger partial charge >= 0.3 is 0 Å². The molecule has 1 aromatic rings. The summed E-state index contributed by atoms with van der Waals surface area (Å²) in [6.07, 6.45) is 0.380. The highest BCUT2D eigenvalue weighted by molar-refractivity contribution is 9.10. The molecule has 0 aliphatic heterocycles. The zero-order valence-corrected chi connectivity index (χ0v) is 8.81. The molecule has 2 N–H and O–H groups in total. The normalized spacial score (nSPS) is 10.6. The Hall–Kier alpha value is -0.680. The smallest absolute Gasteiger partial charge is 0.165 e. The molecule has 0 saturated heterocycles. The molecule has 1 rings (SSSR count). The summed E-state index contributed by atoms with van der Waals surface area (Å²) in [5.74, 6) is -2.38. The molecule has 0 fully saturated rings. The van der Waals surface area contributed by atoms with Crippen LogP contribution < -0.4 is 0 Å². The molecule has 0 aliphatic carbocycles. The van der Waals surface area contributed by atoms with Gasteiger partial charge in [-0.1, -0.05) is 0 Å². The van der Waals surface area contributed by atoms with Gasteiger partial charge in [0.25, 0.3) is 0 Å². The van der Waals surface area contributed by atoms with E-state index in [4.69, 9.17) is 5.11 Å². The second kappa shape index (κ2) is 4.70. The fraction of sp³-hybridized carbons (Fsp3) is 0.333. The topological polar surface area (TPSA) is 40.5 Å². The highest BCUT2D eigenvalue weighted by atomic mass is 79.9. The number of rotatable bonds is 3. The van der Waals surface area contributed by atoms with Crippen molar-refractivity contribution in [2.45, 2.75) is 12.8 Å². The predicted molar refractivity (Wildman–Crippen MR) is 51.1 cm³/mol. The SMILES string of the molecule is OCCCc1c(O)c(Br)cc(F)c1F. The molecule has 78 valence electrons. The van der Waals surface area contributed by atoms with Crippen LogP contribution in [0.1, 0.15) is 12.0 Å². The maximum atomic E-state index is 13.1. The van der Waals surface area contributed by atoms with Crippen LogP contribution in [0.25, 0.3) is 0 Å². The molecule has 0 amide bonds. The summed E-state index contributed by atoms with van der Waals surface area (Å²) in [7, 11) is 0. The van der Waals surface area contributed by atoms with E-state index in [1.807, 2.05) is 0 Å². The third-order valence-corrected chi connectivity index (χ3v) is 2.43. The third kappa shape index (κ3) is 2.22. The van der Waals surface area contributed by atoms with Crippen molar-refractivity contribution in [2.75, 3.05) is 6.61 Å². The fourth-order valence-corrected chi connectivity index (χ4v) is 1.56. The monoisotopic (exact) mass is 266 g/mol. The van der Waals surface area contributed by atoms with Crippen molar-refractivity contribution in [3.8, 4) is 5.75 Å². The maximum absolute atomic E-state index is 13.1. The number of benzene rings is 1. The van der Waals surface area contributed by atoms with Crippen molar-refractivity contribution < 1.29 is 19.0 Å². The van der Waals surface area contributed by atoms with Crippen molar-refractivity contribution in [3.05, 3.63) is 27.7 Å². The van der Waals surface area contributed by atoms with E-state index in [1.165, 1.54) is 0 Å². The lowest BCUT2D eigenvalue weighted by Crippen LogP contribution is -1.98. The largest absolute Gasteiger partial charge is 0.506 e. The van der Waals surface area contributed by atoms with Gasteiger partial charge in [0.1, 0.15) is 5.75 Å². The average Bonchev–Trinajstić information content (AvgIpc) is 2.15. The zero-order chi connectivity index (χ0) is 10.7. The molecule has 0 unspecified atom stereocenters. The standard InChI is InChI=1S/C9H9BrF2O2/c10-6-4-7(11)8(12)5(9(6)14)2-1-3-13/h4,13-14H,1-3H2. The number of hydrogen-bond donors (Lipinski definition) is 2. The van der Waals surface area contributed by atoms with Crippen molar-refractivity contribution in [2.24, 2.45) is 0 Å². The van der Waals surface area contributed by atoms with E-state index < -0.39 is 11.6 Å². The van der Waals surface area contributed by atoms with Crippen LogP contribution in [0, 0.1) is 11.6 Å². The molecule has 5 heteroatoms. The summed E-state index contributed by atoms with van der Waals surface area (Å²) in [4.78, 5) is 0. The number of aliphatic hydroxyl groups excluding tert-OH is 1. The summed E-state index contributed by atoms with van der Waals surface area (Å²) in [5, 5.41) is 17.9. The number of aliphatic hydroxyl groups is 1. The average molecular weight is 267 g/mol. The van der Waals surface area contributed by atoms with Crippen LogP contribution in [0.5, 0.6) is 5.75 Å². The van der Waals surface area contributed by atoms with Gasteiger partial charge in [0, 0.05) is 12.2 Å². The van der Waals surface area contributed by atoms with Gasteiger partial charge in [-0.15, -0.1) is 0 Å². The van der Waals surface area contributed by atoms with Crippen LogP contribution in [0.2, 0.25) is 0 Å². The molecule has 1 aromatic carbocycles. The lowest BCUT2D eigenvalue weighted by atomic mass is 10.1. The predicted octanol–water partition coefficient (Wildman–Crippen LogP) is 2.36. The van der Waals surface area contributed by atoms with Crippen LogP contribution in [-0.4, -0.2) is 16.8 Å². The minimum Gasteiger partial charge on any atom is -0.506 e. The highest BCUT2D eigenvalue weighted by Crippen LogP contribution is 2.32. The van der Waals surface area contributed by atoms with E-state index in [0.29, 0.717) is 0 Å². The summed E-state index contributed by atoms with van der Waals surface area (Å²) < 4.78 is 26.1. The number of aromatic hydroxyl groups is 1. The number of hydrogen-bond acceptors (Lipinski definition) is 2. The van der Waals surface area contributed by atoms with Crippen LogP contribution in [0.4, 0.5) is 8.78 Å². The molecular weight excluding hydrogens is 258 g/mol. The van der Waals surface area contributed by atoms with E-state index in [0.717, 1.165) is 6.07 Å². The van der Waals surface area contributed by atoms with Gasteiger partial charge in [-0.25, -0.2) is 8.78 Å². The minimum absolute atomic E-state index is 0.102. The Bertz CT molecular complexity index is 316. The van der Waals surface area contributed by atoms with E-state index in [1.54, 1.807) is 0 Å². The van der Waals surface area contributed by atoms with E-state index in [2.05, 4.69) is 15.9 Å². The Balaban J connectivity index is 3.11.